The fraction of sp³-hybridized carbons (Fsp3) is 0.286. The van der Waals surface area contributed by atoms with Gasteiger partial charge in [-0.3, -0.25) is 4.79 Å². The van der Waals surface area contributed by atoms with Gasteiger partial charge in [0.2, 0.25) is 5.91 Å². The highest BCUT2D eigenvalue weighted by atomic mass is 32.2. The molecule has 0 aromatic heterocycles. The van der Waals surface area contributed by atoms with E-state index in [1.807, 2.05) is 36.4 Å². The summed E-state index contributed by atoms with van der Waals surface area (Å²) in [5.74, 6) is 2.75. The number of ether oxygens (including phenoxy) is 2. The van der Waals surface area contributed by atoms with Gasteiger partial charge in [0, 0.05) is 12.3 Å². The fourth-order valence-corrected chi connectivity index (χ4v) is 3.04. The number of thioether (sulfide) groups is 1. The molecule has 1 amide bonds. The Hall–Kier alpha value is -2.40. The third-order valence-corrected chi connectivity index (χ3v) is 4.64. The van der Waals surface area contributed by atoms with Gasteiger partial charge in [-0.1, -0.05) is 48.6 Å². The Morgan fingerprint density at radius 1 is 1.08 bits per heavy atom. The minimum Gasteiger partial charge on any atom is -0.493 e. The number of hydrogen-bond acceptors (Lipinski definition) is 4. The summed E-state index contributed by atoms with van der Waals surface area (Å²) < 4.78 is 10.5. The van der Waals surface area contributed by atoms with E-state index in [1.54, 1.807) is 26.0 Å². The Morgan fingerprint density at radius 2 is 1.85 bits per heavy atom. The molecule has 0 aliphatic rings. The maximum Gasteiger partial charge on any atom is 0.230 e. The van der Waals surface area contributed by atoms with Crippen LogP contribution in [0.1, 0.15) is 11.1 Å². The third kappa shape index (κ3) is 6.84. The van der Waals surface area contributed by atoms with Crippen molar-refractivity contribution >= 4 is 23.7 Å². The Balaban J connectivity index is 1.64. The van der Waals surface area contributed by atoms with E-state index in [0.29, 0.717) is 23.8 Å². The molecule has 0 radical (unpaired) electrons. The van der Waals surface area contributed by atoms with Gasteiger partial charge in [0.1, 0.15) is 0 Å². The van der Waals surface area contributed by atoms with Crippen molar-refractivity contribution in [1.82, 2.24) is 5.32 Å². The van der Waals surface area contributed by atoms with E-state index in [1.165, 1.54) is 5.56 Å². The molecule has 0 heterocycles. The average molecular weight is 372 g/mol. The van der Waals surface area contributed by atoms with Crippen LogP contribution in [0.5, 0.6) is 11.5 Å². The minimum atomic E-state index is 0.0589. The number of hydrogen-bond donors (Lipinski definition) is 1. The standard InChI is InChI=1S/C21H25NO3S/c1-24-19-11-10-18(15-20(19)25-2)12-13-22-21(23)16-26-14-6-9-17-7-4-3-5-8-17/h3-11,15H,12-14,16H2,1-2H3,(H,22,23)/b9-6+. The lowest BCUT2D eigenvalue weighted by Crippen LogP contribution is -2.27. The molecular formula is C21H25NO3S. The first-order chi connectivity index (χ1) is 12.7. The van der Waals surface area contributed by atoms with Crippen LogP contribution < -0.4 is 14.8 Å². The predicted molar refractivity (Wildman–Crippen MR) is 109 cm³/mol. The van der Waals surface area contributed by atoms with Crippen LogP contribution in [0.4, 0.5) is 0 Å². The highest BCUT2D eigenvalue weighted by molar-refractivity contribution is 8.00. The van der Waals surface area contributed by atoms with Crippen LogP contribution in [-0.4, -0.2) is 38.2 Å². The quantitative estimate of drug-likeness (QED) is 0.645. The first-order valence-corrected chi connectivity index (χ1v) is 9.65. The fourth-order valence-electron chi connectivity index (χ4n) is 2.40. The Bertz CT molecular complexity index is 716. The molecule has 2 aromatic rings. The van der Waals surface area contributed by atoms with E-state index in [9.17, 15) is 4.79 Å². The minimum absolute atomic E-state index is 0.0589. The van der Waals surface area contributed by atoms with E-state index >= 15 is 0 Å². The Morgan fingerprint density at radius 3 is 2.58 bits per heavy atom. The zero-order valence-corrected chi connectivity index (χ0v) is 16.1. The summed E-state index contributed by atoms with van der Waals surface area (Å²) in [5, 5.41) is 2.95. The van der Waals surface area contributed by atoms with Crippen LogP contribution in [0.3, 0.4) is 0 Å². The monoisotopic (exact) mass is 371 g/mol. The van der Waals surface area contributed by atoms with E-state index < -0.39 is 0 Å². The molecule has 0 atom stereocenters. The summed E-state index contributed by atoms with van der Waals surface area (Å²) in [5.41, 5.74) is 2.27. The van der Waals surface area contributed by atoms with Crippen molar-refractivity contribution in [3.8, 4) is 11.5 Å². The molecule has 138 valence electrons. The van der Waals surface area contributed by atoms with Crippen LogP contribution >= 0.6 is 11.8 Å². The first-order valence-electron chi connectivity index (χ1n) is 8.50. The first kappa shape index (κ1) is 19.9. The summed E-state index contributed by atoms with van der Waals surface area (Å²) in [6, 6.07) is 15.9. The molecule has 1 N–H and O–H groups in total. The predicted octanol–water partition coefficient (Wildman–Crippen LogP) is 3.81. The molecule has 0 aliphatic carbocycles. The molecule has 0 saturated heterocycles. The van der Waals surface area contributed by atoms with Crippen molar-refractivity contribution in [2.24, 2.45) is 0 Å². The highest BCUT2D eigenvalue weighted by Gasteiger charge is 2.05. The van der Waals surface area contributed by atoms with Gasteiger partial charge in [-0.25, -0.2) is 0 Å². The van der Waals surface area contributed by atoms with E-state index in [2.05, 4.69) is 29.6 Å². The van der Waals surface area contributed by atoms with Crippen LogP contribution in [0.15, 0.2) is 54.6 Å². The Kier molecular flexibility index (Phi) is 8.63. The third-order valence-electron chi connectivity index (χ3n) is 3.74. The lowest BCUT2D eigenvalue weighted by molar-refractivity contribution is -0.118. The summed E-state index contributed by atoms with van der Waals surface area (Å²) in [6.45, 7) is 0.606. The lowest BCUT2D eigenvalue weighted by atomic mass is 10.1. The van der Waals surface area contributed by atoms with E-state index in [4.69, 9.17) is 9.47 Å². The second-order valence-corrected chi connectivity index (χ2v) is 6.65. The van der Waals surface area contributed by atoms with Crippen LogP contribution in [0.2, 0.25) is 0 Å². The van der Waals surface area contributed by atoms with E-state index in [0.717, 1.165) is 17.7 Å². The zero-order chi connectivity index (χ0) is 18.6. The number of rotatable bonds is 10. The Labute approximate surface area is 159 Å². The molecular weight excluding hydrogens is 346 g/mol. The zero-order valence-electron chi connectivity index (χ0n) is 15.2. The molecule has 4 nitrogen and oxygen atoms in total. The van der Waals surface area contributed by atoms with Crippen LogP contribution in [-0.2, 0) is 11.2 Å². The van der Waals surface area contributed by atoms with Gasteiger partial charge in [-0.2, -0.15) is 0 Å². The van der Waals surface area contributed by atoms with Gasteiger partial charge in [0.05, 0.1) is 20.0 Å². The molecule has 0 unspecified atom stereocenters. The van der Waals surface area contributed by atoms with Crippen molar-refractivity contribution in [2.75, 3.05) is 32.3 Å². The normalized spacial score (nSPS) is 10.7. The number of amides is 1. The van der Waals surface area contributed by atoms with Crippen molar-refractivity contribution in [2.45, 2.75) is 6.42 Å². The van der Waals surface area contributed by atoms with Gasteiger partial charge < -0.3 is 14.8 Å². The topological polar surface area (TPSA) is 47.6 Å². The van der Waals surface area contributed by atoms with Gasteiger partial charge in [-0.15, -0.1) is 11.8 Å². The molecule has 2 aromatic carbocycles. The molecule has 0 spiro atoms. The molecule has 26 heavy (non-hydrogen) atoms. The van der Waals surface area contributed by atoms with Crippen LogP contribution in [0, 0.1) is 0 Å². The second kappa shape index (κ2) is 11.3. The summed E-state index contributed by atoms with van der Waals surface area (Å²) in [4.78, 5) is 11.9. The number of benzene rings is 2. The van der Waals surface area contributed by atoms with Gasteiger partial charge >= 0.3 is 0 Å². The molecule has 0 bridgehead atoms. The summed E-state index contributed by atoms with van der Waals surface area (Å²) in [7, 11) is 3.23. The van der Waals surface area contributed by atoms with Gasteiger partial charge in [0.25, 0.3) is 0 Å². The van der Waals surface area contributed by atoms with E-state index in [-0.39, 0.29) is 5.91 Å². The number of methoxy groups -OCH3 is 2. The summed E-state index contributed by atoms with van der Waals surface area (Å²) in [6.07, 6.45) is 4.91. The summed E-state index contributed by atoms with van der Waals surface area (Å²) >= 11 is 1.60. The maximum absolute atomic E-state index is 11.9. The van der Waals surface area contributed by atoms with Crippen molar-refractivity contribution in [3.63, 3.8) is 0 Å². The molecule has 0 fully saturated rings. The van der Waals surface area contributed by atoms with Gasteiger partial charge in [0.15, 0.2) is 11.5 Å². The largest absolute Gasteiger partial charge is 0.493 e. The SMILES string of the molecule is COc1ccc(CCNC(=O)CSC/C=C/c2ccccc2)cc1OC. The lowest BCUT2D eigenvalue weighted by Gasteiger charge is -2.10. The number of carbonyl (C=O) groups is 1. The smallest absolute Gasteiger partial charge is 0.230 e. The van der Waals surface area contributed by atoms with Crippen LogP contribution in [0.25, 0.3) is 6.08 Å². The molecule has 0 aliphatic heterocycles. The highest BCUT2D eigenvalue weighted by Crippen LogP contribution is 2.27. The molecule has 0 saturated carbocycles. The van der Waals surface area contributed by atoms with Crippen molar-refractivity contribution < 1.29 is 14.3 Å². The number of carbonyl (C=O) groups excluding carboxylic acids is 1. The second-order valence-electron chi connectivity index (χ2n) is 5.62. The van der Waals surface area contributed by atoms with Gasteiger partial charge in [-0.05, 0) is 29.7 Å². The van der Waals surface area contributed by atoms with Crippen molar-refractivity contribution in [1.29, 1.82) is 0 Å². The average Bonchev–Trinajstić information content (AvgIpc) is 2.68. The molecule has 5 heteroatoms. The molecule has 2 rings (SSSR count). The number of nitrogens with one attached hydrogen (secondary N) is 1. The van der Waals surface area contributed by atoms with Crippen molar-refractivity contribution in [3.05, 3.63) is 65.7 Å². The maximum atomic E-state index is 11.9.